The largest absolute Gasteiger partial charge is 0.478 e. The van der Waals surface area contributed by atoms with Gasteiger partial charge in [0.15, 0.2) is 5.82 Å². The second kappa shape index (κ2) is 6.64. The molecule has 0 bridgehead atoms. The third-order valence-electron chi connectivity index (χ3n) is 3.37. The van der Waals surface area contributed by atoms with Gasteiger partial charge in [-0.2, -0.15) is 10.4 Å². The number of carboxylic acid groups (broad SMARTS) is 1. The number of nitriles is 1. The van der Waals surface area contributed by atoms with Crippen LogP contribution in [0.15, 0.2) is 58.4 Å². The molecule has 3 rings (SSSR count). The Bertz CT molecular complexity index is 1080. The van der Waals surface area contributed by atoms with Crippen molar-refractivity contribution in [3.05, 3.63) is 70.3 Å². The predicted molar refractivity (Wildman–Crippen MR) is 91.5 cm³/mol. The number of H-pyrrole nitrogens is 1. The van der Waals surface area contributed by atoms with Crippen molar-refractivity contribution >= 4 is 28.3 Å². The van der Waals surface area contributed by atoms with Crippen LogP contribution in [0, 0.1) is 11.3 Å². The summed E-state index contributed by atoms with van der Waals surface area (Å²) in [6.45, 7) is 0. The minimum atomic E-state index is -1.04. The fraction of sp³-hybridized carbons (Fsp3) is 0. The number of para-hydroxylation sites is 1. The highest BCUT2D eigenvalue weighted by molar-refractivity contribution is 6.10. The molecule has 0 fully saturated rings. The molecule has 0 aliphatic heterocycles. The average Bonchev–Trinajstić information content (AvgIpc) is 2.63. The van der Waals surface area contributed by atoms with Gasteiger partial charge in [-0.1, -0.05) is 12.1 Å². The van der Waals surface area contributed by atoms with Gasteiger partial charge in [0, 0.05) is 0 Å². The first kappa shape index (κ1) is 15.9. The number of hydrazone groups is 1. The number of aromatic carboxylic acids is 1. The topological polar surface area (TPSA) is 131 Å². The summed E-state index contributed by atoms with van der Waals surface area (Å²) in [5, 5.41) is 22.5. The lowest BCUT2D eigenvalue weighted by Gasteiger charge is -2.03. The molecule has 0 radical (unpaired) electrons. The number of aromatic amines is 1. The average molecular weight is 333 g/mol. The van der Waals surface area contributed by atoms with Crippen molar-refractivity contribution in [1.82, 2.24) is 9.97 Å². The molecule has 0 saturated heterocycles. The number of nitrogens with zero attached hydrogens (tertiary/aromatic N) is 3. The van der Waals surface area contributed by atoms with E-state index in [1.54, 1.807) is 24.3 Å². The molecule has 2 aromatic carbocycles. The van der Waals surface area contributed by atoms with Crippen LogP contribution in [0.1, 0.15) is 16.2 Å². The van der Waals surface area contributed by atoms with E-state index in [-0.39, 0.29) is 22.7 Å². The van der Waals surface area contributed by atoms with E-state index in [0.29, 0.717) is 16.6 Å². The first-order valence-electron chi connectivity index (χ1n) is 7.15. The number of carboxylic acids is 1. The van der Waals surface area contributed by atoms with Crippen molar-refractivity contribution in [3.63, 3.8) is 0 Å². The molecule has 3 N–H and O–H groups in total. The van der Waals surface area contributed by atoms with Crippen LogP contribution in [-0.4, -0.2) is 26.8 Å². The second-order valence-electron chi connectivity index (χ2n) is 5.00. The van der Waals surface area contributed by atoms with Gasteiger partial charge in [-0.05, 0) is 36.4 Å². The first-order chi connectivity index (χ1) is 12.1. The Labute approximate surface area is 141 Å². The van der Waals surface area contributed by atoms with E-state index in [4.69, 9.17) is 5.11 Å². The maximum atomic E-state index is 12.1. The summed E-state index contributed by atoms with van der Waals surface area (Å²) in [7, 11) is 0. The van der Waals surface area contributed by atoms with Crippen molar-refractivity contribution < 1.29 is 9.90 Å². The number of hydrogen-bond donors (Lipinski definition) is 3. The molecule has 0 spiro atoms. The van der Waals surface area contributed by atoms with Gasteiger partial charge in [-0.3, -0.25) is 10.2 Å². The maximum Gasteiger partial charge on any atom is 0.335 e. The quantitative estimate of drug-likeness (QED) is 0.494. The van der Waals surface area contributed by atoms with E-state index in [1.807, 2.05) is 6.07 Å². The van der Waals surface area contributed by atoms with Crippen molar-refractivity contribution in [1.29, 1.82) is 5.26 Å². The van der Waals surface area contributed by atoms with Gasteiger partial charge >= 0.3 is 5.97 Å². The van der Waals surface area contributed by atoms with Crippen LogP contribution in [0.25, 0.3) is 10.9 Å². The highest BCUT2D eigenvalue weighted by Gasteiger charge is 2.09. The fourth-order valence-corrected chi connectivity index (χ4v) is 2.14. The number of carbonyl (C=O) groups is 1. The van der Waals surface area contributed by atoms with Crippen LogP contribution in [0.3, 0.4) is 0 Å². The van der Waals surface area contributed by atoms with Crippen molar-refractivity contribution in [2.24, 2.45) is 5.10 Å². The molecule has 0 saturated carbocycles. The van der Waals surface area contributed by atoms with Crippen LogP contribution in [0.2, 0.25) is 0 Å². The lowest BCUT2D eigenvalue weighted by molar-refractivity contribution is 0.0697. The molecule has 0 amide bonds. The van der Waals surface area contributed by atoms with Gasteiger partial charge in [0.1, 0.15) is 6.07 Å². The van der Waals surface area contributed by atoms with Crippen LogP contribution in [0.5, 0.6) is 0 Å². The van der Waals surface area contributed by atoms with Crippen LogP contribution in [-0.2, 0) is 0 Å². The smallest absolute Gasteiger partial charge is 0.335 e. The second-order valence-corrected chi connectivity index (χ2v) is 5.00. The molecular weight excluding hydrogens is 322 g/mol. The first-order valence-corrected chi connectivity index (χ1v) is 7.15. The zero-order valence-corrected chi connectivity index (χ0v) is 12.7. The maximum absolute atomic E-state index is 12.1. The highest BCUT2D eigenvalue weighted by atomic mass is 16.4. The lowest BCUT2D eigenvalue weighted by atomic mass is 10.2. The lowest BCUT2D eigenvalue weighted by Crippen LogP contribution is -2.16. The molecule has 8 heteroatoms. The standard InChI is InChI=1S/C17H11N5O3/c18-9-14(22-21-11-7-5-10(6-8-11)17(24)25)15-19-13-4-2-1-3-12(13)16(23)20-15/h1-8,21H,(H,24,25)(H,19,20,23)/b22-14+. The molecule has 1 aromatic heterocycles. The number of hydrogen-bond acceptors (Lipinski definition) is 6. The highest BCUT2D eigenvalue weighted by Crippen LogP contribution is 2.10. The van der Waals surface area contributed by atoms with Crippen molar-refractivity contribution in [2.75, 3.05) is 5.43 Å². The van der Waals surface area contributed by atoms with E-state index in [0.717, 1.165) is 0 Å². The summed E-state index contributed by atoms with van der Waals surface area (Å²) in [5.74, 6) is -0.994. The van der Waals surface area contributed by atoms with E-state index >= 15 is 0 Å². The van der Waals surface area contributed by atoms with Gasteiger partial charge in [-0.15, -0.1) is 0 Å². The van der Waals surface area contributed by atoms with E-state index < -0.39 is 5.97 Å². The van der Waals surface area contributed by atoms with Gasteiger partial charge in [0.25, 0.3) is 5.56 Å². The van der Waals surface area contributed by atoms with E-state index in [1.165, 1.54) is 24.3 Å². The summed E-state index contributed by atoms with van der Waals surface area (Å²) < 4.78 is 0. The number of nitrogens with one attached hydrogen (secondary N) is 2. The Balaban J connectivity index is 1.92. The molecule has 25 heavy (non-hydrogen) atoms. The van der Waals surface area contributed by atoms with Crippen molar-refractivity contribution in [2.45, 2.75) is 0 Å². The number of rotatable bonds is 4. The predicted octanol–water partition coefficient (Wildman–Crippen LogP) is 1.96. The zero-order valence-electron chi connectivity index (χ0n) is 12.7. The molecule has 8 nitrogen and oxygen atoms in total. The number of anilines is 1. The van der Waals surface area contributed by atoms with Crippen molar-refractivity contribution in [3.8, 4) is 6.07 Å². The Hall–Kier alpha value is -3.99. The number of fused-ring (bicyclic) bond motifs is 1. The van der Waals surface area contributed by atoms with Gasteiger partial charge in [-0.25, -0.2) is 9.78 Å². The molecule has 122 valence electrons. The summed E-state index contributed by atoms with van der Waals surface area (Å²) in [6, 6.07) is 14.5. The number of benzene rings is 2. The molecule has 3 aromatic rings. The summed E-state index contributed by atoms with van der Waals surface area (Å²) in [5.41, 5.74) is 3.24. The van der Waals surface area contributed by atoms with Gasteiger partial charge in [0.05, 0.1) is 22.2 Å². The van der Waals surface area contributed by atoms with Crippen LogP contribution >= 0.6 is 0 Å². The molecule has 0 aliphatic carbocycles. The molecule has 0 unspecified atom stereocenters. The third kappa shape index (κ3) is 3.35. The van der Waals surface area contributed by atoms with Crippen LogP contribution in [0.4, 0.5) is 5.69 Å². The zero-order chi connectivity index (χ0) is 17.8. The SMILES string of the molecule is N#C/C(=N\Nc1ccc(C(=O)O)cc1)c1nc2ccccc2c(=O)[nH]1. The normalized spacial score (nSPS) is 11.1. The van der Waals surface area contributed by atoms with Crippen LogP contribution < -0.4 is 11.0 Å². The molecule has 0 atom stereocenters. The Morgan fingerprint density at radius 1 is 1.20 bits per heavy atom. The summed E-state index contributed by atoms with van der Waals surface area (Å²) in [4.78, 5) is 29.6. The Morgan fingerprint density at radius 3 is 2.60 bits per heavy atom. The third-order valence-corrected chi connectivity index (χ3v) is 3.37. The van der Waals surface area contributed by atoms with E-state index in [9.17, 15) is 14.9 Å². The number of aromatic nitrogens is 2. The summed E-state index contributed by atoms with van der Waals surface area (Å²) in [6.07, 6.45) is 0. The summed E-state index contributed by atoms with van der Waals surface area (Å²) >= 11 is 0. The van der Waals surface area contributed by atoms with Gasteiger partial charge in [0.2, 0.25) is 5.71 Å². The van der Waals surface area contributed by atoms with Gasteiger partial charge < -0.3 is 10.1 Å². The Morgan fingerprint density at radius 2 is 1.92 bits per heavy atom. The molecule has 0 aliphatic rings. The molecular formula is C17H11N5O3. The minimum Gasteiger partial charge on any atom is -0.478 e. The monoisotopic (exact) mass is 333 g/mol. The Kier molecular flexibility index (Phi) is 4.22. The van der Waals surface area contributed by atoms with E-state index in [2.05, 4.69) is 20.5 Å². The molecule has 1 heterocycles. The minimum absolute atomic E-state index is 0.0425. The fourth-order valence-electron chi connectivity index (χ4n) is 2.14.